The number of carboxylic acids is 1. The summed E-state index contributed by atoms with van der Waals surface area (Å²) >= 11 is 0. The topological polar surface area (TPSA) is 54.4 Å². The summed E-state index contributed by atoms with van der Waals surface area (Å²) in [6.45, 7) is 15.0. The van der Waals surface area contributed by atoms with E-state index < -0.39 is 5.97 Å². The van der Waals surface area contributed by atoms with E-state index in [0.29, 0.717) is 35.4 Å². The maximum absolute atomic E-state index is 13.0. The second-order valence-electron chi connectivity index (χ2n) is 12.9. The normalized spacial score (nSPS) is 50.7. The minimum absolute atomic E-state index is 0.0250. The molecular formula is C27H44O3. The monoisotopic (exact) mass is 416 g/mol. The highest BCUT2D eigenvalue weighted by Crippen LogP contribution is 2.76. The number of Topliss-reactive ketones (excluding diaryl/α,β-unsaturated/α-hetero) is 1. The Balaban J connectivity index is 1.69. The molecule has 3 heteroatoms. The van der Waals surface area contributed by atoms with E-state index in [0.717, 1.165) is 30.6 Å². The van der Waals surface area contributed by atoms with Crippen molar-refractivity contribution >= 4 is 11.8 Å². The van der Waals surface area contributed by atoms with Crippen LogP contribution < -0.4 is 0 Å². The number of rotatable bonds is 4. The summed E-state index contributed by atoms with van der Waals surface area (Å²) < 4.78 is 0. The van der Waals surface area contributed by atoms with Gasteiger partial charge in [0.1, 0.15) is 5.78 Å². The van der Waals surface area contributed by atoms with E-state index in [1.54, 1.807) is 0 Å². The highest BCUT2D eigenvalue weighted by Gasteiger charge is 2.70. The Bertz CT molecular complexity index is 728. The van der Waals surface area contributed by atoms with Crippen molar-refractivity contribution in [2.24, 2.45) is 51.2 Å². The predicted molar refractivity (Wildman–Crippen MR) is 120 cm³/mol. The molecule has 30 heavy (non-hydrogen) atoms. The van der Waals surface area contributed by atoms with Gasteiger partial charge in [-0.3, -0.25) is 9.59 Å². The summed E-state index contributed by atoms with van der Waals surface area (Å²) in [5.41, 5.74) is 1.04. The average molecular weight is 417 g/mol. The molecule has 0 aliphatic heterocycles. The van der Waals surface area contributed by atoms with Gasteiger partial charge in [-0.25, -0.2) is 0 Å². The smallest absolute Gasteiger partial charge is 0.303 e. The first-order valence-electron chi connectivity index (χ1n) is 12.6. The van der Waals surface area contributed by atoms with E-state index in [2.05, 4.69) is 41.5 Å². The van der Waals surface area contributed by atoms with Crippen LogP contribution in [0.3, 0.4) is 0 Å². The molecule has 4 rings (SSSR count). The van der Waals surface area contributed by atoms with Crippen molar-refractivity contribution < 1.29 is 14.7 Å². The zero-order valence-electron chi connectivity index (χ0n) is 20.2. The molecule has 0 aromatic heterocycles. The van der Waals surface area contributed by atoms with Gasteiger partial charge in [-0.05, 0) is 96.7 Å². The van der Waals surface area contributed by atoms with Crippen LogP contribution >= 0.6 is 0 Å². The van der Waals surface area contributed by atoms with Crippen LogP contribution in [0.5, 0.6) is 0 Å². The SMILES string of the molecule is CC(C)C1CCC2C1(C)CCC1(C)C3CCC(=O)C(CCC(=O)O)C3(C)CCC21C. The van der Waals surface area contributed by atoms with Gasteiger partial charge >= 0.3 is 5.97 Å². The van der Waals surface area contributed by atoms with Crippen molar-refractivity contribution in [1.82, 2.24) is 0 Å². The lowest BCUT2D eigenvalue weighted by Crippen LogP contribution is -2.64. The Morgan fingerprint density at radius 2 is 1.50 bits per heavy atom. The molecule has 0 aromatic rings. The molecule has 4 aliphatic carbocycles. The summed E-state index contributed by atoms with van der Waals surface area (Å²) in [5.74, 6) is 2.44. The van der Waals surface area contributed by atoms with Crippen molar-refractivity contribution in [3.63, 3.8) is 0 Å². The molecule has 0 aromatic carbocycles. The summed E-state index contributed by atoms with van der Waals surface area (Å²) in [4.78, 5) is 24.3. The zero-order chi connectivity index (χ0) is 22.1. The maximum Gasteiger partial charge on any atom is 0.303 e. The number of hydrogen-bond donors (Lipinski definition) is 1. The zero-order valence-corrected chi connectivity index (χ0v) is 20.2. The molecule has 1 N–H and O–H groups in total. The number of carbonyl (C=O) groups is 2. The van der Waals surface area contributed by atoms with Gasteiger partial charge in [-0.15, -0.1) is 0 Å². The number of carbonyl (C=O) groups excluding carboxylic acids is 1. The van der Waals surface area contributed by atoms with Gasteiger partial charge in [0.15, 0.2) is 0 Å². The van der Waals surface area contributed by atoms with Gasteiger partial charge < -0.3 is 5.11 Å². The minimum Gasteiger partial charge on any atom is -0.481 e. The standard InChI is InChI=1S/C27H44O3/c1-17(2)18-7-10-21-24(18,3)13-15-27(6)22-11-9-20(28)19(8-12-23(29)30)25(22,4)14-16-26(21,27)5/h17-19,21-22H,7-16H2,1-6H3,(H,29,30). The lowest BCUT2D eigenvalue weighted by Gasteiger charge is -2.70. The van der Waals surface area contributed by atoms with Crippen LogP contribution in [-0.2, 0) is 9.59 Å². The van der Waals surface area contributed by atoms with Gasteiger partial charge in [-0.2, -0.15) is 0 Å². The highest BCUT2D eigenvalue weighted by molar-refractivity contribution is 5.83. The fourth-order valence-electron chi connectivity index (χ4n) is 10.1. The molecule has 4 fully saturated rings. The first-order valence-corrected chi connectivity index (χ1v) is 12.6. The van der Waals surface area contributed by atoms with E-state index in [1.165, 1.54) is 32.1 Å². The van der Waals surface area contributed by atoms with Crippen LogP contribution in [0.25, 0.3) is 0 Å². The molecule has 4 saturated carbocycles. The predicted octanol–water partition coefficient (Wildman–Crippen LogP) is 6.74. The van der Waals surface area contributed by atoms with Crippen molar-refractivity contribution in [1.29, 1.82) is 0 Å². The second kappa shape index (κ2) is 7.07. The summed E-state index contributed by atoms with van der Waals surface area (Å²) in [6, 6.07) is 0. The minimum atomic E-state index is -0.764. The van der Waals surface area contributed by atoms with E-state index in [-0.39, 0.29) is 23.2 Å². The van der Waals surface area contributed by atoms with Crippen molar-refractivity contribution in [2.45, 2.75) is 106 Å². The van der Waals surface area contributed by atoms with Crippen molar-refractivity contribution in [3.05, 3.63) is 0 Å². The fraction of sp³-hybridized carbons (Fsp3) is 0.926. The second-order valence-corrected chi connectivity index (χ2v) is 12.9. The van der Waals surface area contributed by atoms with Crippen LogP contribution in [0.15, 0.2) is 0 Å². The molecule has 8 atom stereocenters. The Hall–Kier alpha value is -0.860. The summed E-state index contributed by atoms with van der Waals surface area (Å²) in [5, 5.41) is 9.28. The molecule has 4 aliphatic rings. The number of fused-ring (bicyclic) bond motifs is 5. The Morgan fingerprint density at radius 3 is 2.07 bits per heavy atom. The first-order chi connectivity index (χ1) is 13.9. The number of hydrogen-bond acceptors (Lipinski definition) is 2. The van der Waals surface area contributed by atoms with Gasteiger partial charge in [-0.1, -0.05) is 41.5 Å². The van der Waals surface area contributed by atoms with Crippen molar-refractivity contribution in [3.8, 4) is 0 Å². The molecule has 0 amide bonds. The molecule has 0 bridgehead atoms. The third kappa shape index (κ3) is 2.82. The fourth-order valence-corrected chi connectivity index (χ4v) is 10.1. The third-order valence-corrected chi connectivity index (χ3v) is 11.7. The molecule has 170 valence electrons. The summed E-state index contributed by atoms with van der Waals surface area (Å²) in [7, 11) is 0. The van der Waals surface area contributed by atoms with Crippen LogP contribution in [-0.4, -0.2) is 16.9 Å². The number of aliphatic carboxylic acids is 1. The van der Waals surface area contributed by atoms with E-state index in [9.17, 15) is 14.7 Å². The Morgan fingerprint density at radius 1 is 0.933 bits per heavy atom. The number of ketones is 1. The van der Waals surface area contributed by atoms with Gasteiger partial charge in [0.2, 0.25) is 0 Å². The van der Waals surface area contributed by atoms with Crippen LogP contribution in [0.4, 0.5) is 0 Å². The summed E-state index contributed by atoms with van der Waals surface area (Å²) in [6.07, 6.45) is 10.00. The molecule has 3 nitrogen and oxygen atoms in total. The van der Waals surface area contributed by atoms with Gasteiger partial charge in [0.25, 0.3) is 0 Å². The molecule has 0 spiro atoms. The molecule has 0 saturated heterocycles. The largest absolute Gasteiger partial charge is 0.481 e. The number of carboxylic acid groups (broad SMARTS) is 1. The van der Waals surface area contributed by atoms with Crippen LogP contribution in [0.1, 0.15) is 106 Å². The molecule has 0 heterocycles. The highest BCUT2D eigenvalue weighted by atomic mass is 16.4. The van der Waals surface area contributed by atoms with Crippen LogP contribution in [0.2, 0.25) is 0 Å². The maximum atomic E-state index is 13.0. The van der Waals surface area contributed by atoms with Crippen LogP contribution in [0, 0.1) is 51.2 Å². The molecular weight excluding hydrogens is 372 g/mol. The molecule has 8 unspecified atom stereocenters. The van der Waals surface area contributed by atoms with E-state index in [4.69, 9.17) is 0 Å². The van der Waals surface area contributed by atoms with Gasteiger partial charge in [0, 0.05) is 18.8 Å². The third-order valence-electron chi connectivity index (χ3n) is 11.7. The van der Waals surface area contributed by atoms with Crippen molar-refractivity contribution in [2.75, 3.05) is 0 Å². The van der Waals surface area contributed by atoms with E-state index in [1.807, 2.05) is 0 Å². The lowest BCUT2D eigenvalue weighted by molar-refractivity contribution is -0.219. The van der Waals surface area contributed by atoms with E-state index >= 15 is 0 Å². The average Bonchev–Trinajstić information content (AvgIpc) is 3.01. The Labute approximate surface area is 183 Å². The molecule has 0 radical (unpaired) electrons. The lowest BCUT2D eigenvalue weighted by atomic mass is 9.34. The first kappa shape index (κ1) is 22.3. The quantitative estimate of drug-likeness (QED) is 0.552. The Kier molecular flexibility index (Phi) is 5.27. The van der Waals surface area contributed by atoms with Gasteiger partial charge in [0.05, 0.1) is 0 Å².